The molecule has 0 aliphatic carbocycles. The Hall–Kier alpha value is -2.55. The molecule has 0 amide bonds. The second kappa shape index (κ2) is 7.99. The van der Waals surface area contributed by atoms with Gasteiger partial charge in [-0.1, -0.05) is 23.5 Å². The summed E-state index contributed by atoms with van der Waals surface area (Å²) in [5.41, 5.74) is 8.41. The molecule has 8 heteroatoms. The minimum atomic E-state index is -0.000676. The van der Waals surface area contributed by atoms with Gasteiger partial charge in [-0.05, 0) is 30.2 Å². The third kappa shape index (κ3) is 4.24. The minimum Gasteiger partial charge on any atom is -0.497 e. The number of rotatable bonds is 7. The molecular formula is C19H19N5OS2. The molecule has 1 atom stereocenters. The zero-order valence-corrected chi connectivity index (χ0v) is 16.4. The highest BCUT2D eigenvalue weighted by molar-refractivity contribution is 7.26. The Labute approximate surface area is 165 Å². The first-order valence-corrected chi connectivity index (χ1v) is 10.1. The van der Waals surface area contributed by atoms with E-state index in [9.17, 15) is 0 Å². The first-order valence-electron chi connectivity index (χ1n) is 8.50. The van der Waals surface area contributed by atoms with Gasteiger partial charge in [0.05, 0.1) is 28.4 Å². The largest absolute Gasteiger partial charge is 0.497 e. The maximum absolute atomic E-state index is 6.26. The molecule has 0 unspecified atom stereocenters. The van der Waals surface area contributed by atoms with Crippen LogP contribution < -0.4 is 15.8 Å². The number of methoxy groups -OCH3 is 1. The topological polar surface area (TPSA) is 86.0 Å². The summed E-state index contributed by atoms with van der Waals surface area (Å²) in [5, 5.41) is 5.15. The third-order valence-corrected chi connectivity index (χ3v) is 6.21. The average Bonchev–Trinajstić information content (AvgIpc) is 3.33. The molecule has 3 N–H and O–H groups in total. The molecule has 138 valence electrons. The zero-order valence-electron chi connectivity index (χ0n) is 14.8. The highest BCUT2D eigenvalue weighted by atomic mass is 32.1. The summed E-state index contributed by atoms with van der Waals surface area (Å²) in [6, 6.07) is 9.92. The van der Waals surface area contributed by atoms with E-state index >= 15 is 0 Å². The van der Waals surface area contributed by atoms with Crippen LogP contribution in [0.2, 0.25) is 0 Å². The fourth-order valence-electron chi connectivity index (χ4n) is 2.70. The van der Waals surface area contributed by atoms with Crippen molar-refractivity contribution in [2.75, 3.05) is 19.0 Å². The van der Waals surface area contributed by atoms with E-state index in [-0.39, 0.29) is 6.04 Å². The number of pyridine rings is 1. The smallest absolute Gasteiger partial charge is 0.183 e. The third-order valence-electron chi connectivity index (χ3n) is 4.08. The van der Waals surface area contributed by atoms with E-state index in [1.165, 1.54) is 5.56 Å². The average molecular weight is 398 g/mol. The fraction of sp³-hybridized carbons (Fsp3) is 0.211. The van der Waals surface area contributed by atoms with Gasteiger partial charge in [0, 0.05) is 25.0 Å². The normalized spacial score (nSPS) is 12.2. The minimum absolute atomic E-state index is 0.000676. The number of nitrogens with one attached hydrogen (secondary N) is 1. The summed E-state index contributed by atoms with van der Waals surface area (Å²) in [4.78, 5) is 14.3. The van der Waals surface area contributed by atoms with Gasteiger partial charge in [-0.15, -0.1) is 11.3 Å². The first kappa shape index (κ1) is 17.8. The van der Waals surface area contributed by atoms with Gasteiger partial charge in [-0.2, -0.15) is 0 Å². The summed E-state index contributed by atoms with van der Waals surface area (Å²) >= 11 is 3.21. The number of benzene rings is 1. The van der Waals surface area contributed by atoms with Gasteiger partial charge >= 0.3 is 0 Å². The summed E-state index contributed by atoms with van der Waals surface area (Å²) in [5.74, 6) is 0.853. The Morgan fingerprint density at radius 1 is 1.15 bits per heavy atom. The van der Waals surface area contributed by atoms with Crippen molar-refractivity contribution in [3.63, 3.8) is 0 Å². The molecule has 4 aromatic rings. The predicted octanol–water partition coefficient (Wildman–Crippen LogP) is 3.81. The van der Waals surface area contributed by atoms with Gasteiger partial charge in [0.25, 0.3) is 0 Å². The number of hydrogen-bond donors (Lipinski definition) is 2. The van der Waals surface area contributed by atoms with Gasteiger partial charge in [0.1, 0.15) is 10.8 Å². The van der Waals surface area contributed by atoms with Crippen LogP contribution in [0.15, 0.2) is 48.9 Å². The first-order chi connectivity index (χ1) is 13.2. The molecule has 3 heterocycles. The van der Waals surface area contributed by atoms with Crippen LogP contribution in [0.1, 0.15) is 5.56 Å². The number of fused-ring (bicyclic) bond motifs is 1. The van der Waals surface area contributed by atoms with Crippen LogP contribution in [-0.2, 0) is 6.42 Å². The Balaban J connectivity index is 1.36. The van der Waals surface area contributed by atoms with Crippen LogP contribution >= 0.6 is 22.7 Å². The lowest BCUT2D eigenvalue weighted by molar-refractivity contribution is 0.414. The van der Waals surface area contributed by atoms with Crippen molar-refractivity contribution in [1.82, 2.24) is 15.0 Å². The quantitative estimate of drug-likeness (QED) is 0.493. The highest BCUT2D eigenvalue weighted by Gasteiger charge is 2.11. The van der Waals surface area contributed by atoms with Crippen molar-refractivity contribution in [2.45, 2.75) is 12.5 Å². The van der Waals surface area contributed by atoms with E-state index in [2.05, 4.69) is 20.3 Å². The molecule has 0 aliphatic rings. The molecule has 0 saturated carbocycles. The van der Waals surface area contributed by atoms with Crippen molar-refractivity contribution in [3.8, 4) is 15.6 Å². The van der Waals surface area contributed by atoms with E-state index in [4.69, 9.17) is 10.5 Å². The molecule has 0 aliphatic heterocycles. The molecule has 0 radical (unpaired) electrons. The molecule has 1 aromatic carbocycles. The van der Waals surface area contributed by atoms with Crippen molar-refractivity contribution in [2.24, 2.45) is 5.73 Å². The van der Waals surface area contributed by atoms with Crippen LogP contribution in [-0.4, -0.2) is 34.6 Å². The van der Waals surface area contributed by atoms with Crippen molar-refractivity contribution >= 4 is 38.0 Å². The van der Waals surface area contributed by atoms with Crippen LogP contribution in [0.4, 0.5) is 5.13 Å². The van der Waals surface area contributed by atoms with Crippen molar-refractivity contribution < 1.29 is 4.74 Å². The number of nitrogens with two attached hydrogens (primary N) is 1. The Morgan fingerprint density at radius 2 is 2.00 bits per heavy atom. The molecule has 0 fully saturated rings. The van der Waals surface area contributed by atoms with Gasteiger partial charge in [0.15, 0.2) is 5.13 Å². The lowest BCUT2D eigenvalue weighted by atomic mass is 10.1. The maximum atomic E-state index is 6.26. The summed E-state index contributed by atoms with van der Waals surface area (Å²) < 4.78 is 6.26. The molecule has 0 spiro atoms. The molecule has 0 saturated heterocycles. The van der Waals surface area contributed by atoms with Crippen molar-refractivity contribution in [1.29, 1.82) is 0 Å². The number of nitrogens with zero attached hydrogens (tertiary/aromatic N) is 3. The Bertz CT molecular complexity index is 995. The fourth-order valence-corrected chi connectivity index (χ4v) is 4.49. The van der Waals surface area contributed by atoms with Crippen LogP contribution in [0.25, 0.3) is 20.1 Å². The van der Waals surface area contributed by atoms with Gasteiger partial charge in [-0.25, -0.2) is 9.97 Å². The van der Waals surface area contributed by atoms with Crippen LogP contribution in [0, 0.1) is 0 Å². The van der Waals surface area contributed by atoms with Crippen molar-refractivity contribution in [3.05, 3.63) is 54.5 Å². The number of thiazole rings is 2. The zero-order chi connectivity index (χ0) is 18.6. The maximum Gasteiger partial charge on any atom is 0.183 e. The molecule has 0 bridgehead atoms. The lowest BCUT2D eigenvalue weighted by Crippen LogP contribution is -2.31. The van der Waals surface area contributed by atoms with E-state index in [0.29, 0.717) is 6.54 Å². The molecule has 27 heavy (non-hydrogen) atoms. The monoisotopic (exact) mass is 397 g/mol. The van der Waals surface area contributed by atoms with E-state index in [1.54, 1.807) is 36.0 Å². The van der Waals surface area contributed by atoms with E-state index in [1.807, 2.05) is 42.7 Å². The standard InChI is InChI=1S/C19H19N5OS2/c1-25-14-4-2-12(3-5-14)8-13(20)9-22-19-23-11-17(27-19)18-24-15-6-7-21-10-16(15)26-18/h2-7,10-11,13H,8-9,20H2,1H3,(H,22,23)/t13-/m0/s1. The Morgan fingerprint density at radius 3 is 2.78 bits per heavy atom. The molecule has 6 nitrogen and oxygen atoms in total. The highest BCUT2D eigenvalue weighted by Crippen LogP contribution is 2.34. The SMILES string of the molecule is COc1ccc(C[C@H](N)CNc2ncc(-c3nc4ccncc4s3)s2)cc1. The predicted molar refractivity (Wildman–Crippen MR) is 112 cm³/mol. The lowest BCUT2D eigenvalue weighted by Gasteiger charge is -2.12. The van der Waals surface area contributed by atoms with Crippen LogP contribution in [0.5, 0.6) is 5.75 Å². The summed E-state index contributed by atoms with van der Waals surface area (Å²) in [6.07, 6.45) is 6.25. The Kier molecular flexibility index (Phi) is 5.28. The second-order valence-electron chi connectivity index (χ2n) is 6.09. The van der Waals surface area contributed by atoms with Crippen LogP contribution in [0.3, 0.4) is 0 Å². The van der Waals surface area contributed by atoms with Gasteiger partial charge < -0.3 is 15.8 Å². The molecule has 4 rings (SSSR count). The number of hydrogen-bond acceptors (Lipinski definition) is 8. The van der Waals surface area contributed by atoms with E-state index < -0.39 is 0 Å². The van der Waals surface area contributed by atoms with E-state index in [0.717, 1.165) is 37.4 Å². The number of ether oxygens (including phenoxy) is 1. The summed E-state index contributed by atoms with van der Waals surface area (Å²) in [6.45, 7) is 0.656. The molecule has 3 aromatic heterocycles. The molecular weight excluding hydrogens is 378 g/mol. The second-order valence-corrected chi connectivity index (χ2v) is 8.15. The summed E-state index contributed by atoms with van der Waals surface area (Å²) in [7, 11) is 1.66. The van der Waals surface area contributed by atoms with Gasteiger partial charge in [-0.3, -0.25) is 4.98 Å². The van der Waals surface area contributed by atoms with Gasteiger partial charge in [0.2, 0.25) is 0 Å². The number of aromatic nitrogens is 3. The number of anilines is 1.